The van der Waals surface area contributed by atoms with Gasteiger partial charge in [0.2, 0.25) is 0 Å². The summed E-state index contributed by atoms with van der Waals surface area (Å²) in [4.78, 5) is 0. The second-order valence-electron chi connectivity index (χ2n) is 4.46. The quantitative estimate of drug-likeness (QED) is 0.577. The molecule has 0 saturated heterocycles. The summed E-state index contributed by atoms with van der Waals surface area (Å²) in [5, 5.41) is 3.59. The van der Waals surface area contributed by atoms with Gasteiger partial charge in [0.1, 0.15) is 0 Å². The normalized spacial score (nSPS) is 14.8. The molecule has 16 heavy (non-hydrogen) atoms. The number of rotatable bonds is 10. The Morgan fingerprint density at radius 2 is 2.00 bits per heavy atom. The highest BCUT2D eigenvalue weighted by molar-refractivity contribution is 4.90. The average Bonchev–Trinajstić information content (AvgIpc) is 2.26. The largest absolute Gasteiger partial charge is 0.377 e. The van der Waals surface area contributed by atoms with E-state index in [-0.39, 0.29) is 0 Å². The fourth-order valence-electron chi connectivity index (χ4n) is 1.88. The molecule has 0 amide bonds. The summed E-state index contributed by atoms with van der Waals surface area (Å²) in [6, 6.07) is 0.474. The monoisotopic (exact) mass is 227 g/mol. The number of nitrogens with one attached hydrogen (secondary N) is 1. The summed E-state index contributed by atoms with van der Waals surface area (Å²) < 4.78 is 5.79. The van der Waals surface area contributed by atoms with Crippen molar-refractivity contribution in [3.05, 3.63) is 12.2 Å². The van der Waals surface area contributed by atoms with Crippen LogP contribution in [0, 0.1) is 0 Å². The molecule has 2 heteroatoms. The van der Waals surface area contributed by atoms with E-state index >= 15 is 0 Å². The Bertz CT molecular complexity index is 180. The van der Waals surface area contributed by atoms with Crippen LogP contribution in [0.2, 0.25) is 0 Å². The highest BCUT2D eigenvalue weighted by Crippen LogP contribution is 2.13. The zero-order chi connectivity index (χ0) is 12.4. The highest BCUT2D eigenvalue weighted by atomic mass is 16.5. The molecule has 2 unspecified atom stereocenters. The molecule has 0 aliphatic rings. The molecule has 0 bridgehead atoms. The zero-order valence-corrected chi connectivity index (χ0v) is 11.5. The molecule has 96 valence electrons. The Morgan fingerprint density at radius 1 is 1.31 bits per heavy atom. The molecule has 2 atom stereocenters. The first-order valence-electron chi connectivity index (χ1n) is 6.64. The van der Waals surface area contributed by atoms with Crippen molar-refractivity contribution in [1.29, 1.82) is 0 Å². The van der Waals surface area contributed by atoms with Crippen LogP contribution in [0.15, 0.2) is 12.2 Å². The maximum absolute atomic E-state index is 5.79. The van der Waals surface area contributed by atoms with E-state index in [1.807, 2.05) is 0 Å². The summed E-state index contributed by atoms with van der Waals surface area (Å²) in [5.41, 5.74) is 1.26. The van der Waals surface area contributed by atoms with Crippen LogP contribution in [0.5, 0.6) is 0 Å². The fourth-order valence-corrected chi connectivity index (χ4v) is 1.88. The van der Waals surface area contributed by atoms with Gasteiger partial charge in [-0.2, -0.15) is 0 Å². The van der Waals surface area contributed by atoms with Gasteiger partial charge in [-0.1, -0.05) is 19.4 Å². The molecule has 0 radical (unpaired) electrons. The summed E-state index contributed by atoms with van der Waals surface area (Å²) in [6.07, 6.45) is 4.81. The van der Waals surface area contributed by atoms with E-state index in [9.17, 15) is 0 Å². The smallest absolute Gasteiger partial charge is 0.0725 e. The van der Waals surface area contributed by atoms with Crippen molar-refractivity contribution >= 4 is 0 Å². The maximum atomic E-state index is 5.79. The van der Waals surface area contributed by atoms with Crippen LogP contribution in [-0.4, -0.2) is 25.3 Å². The number of allylic oxidation sites excluding steroid dienone is 1. The van der Waals surface area contributed by atoms with Gasteiger partial charge in [-0.15, -0.1) is 6.58 Å². The predicted molar refractivity (Wildman–Crippen MR) is 71.8 cm³/mol. The zero-order valence-electron chi connectivity index (χ0n) is 11.5. The van der Waals surface area contributed by atoms with E-state index in [2.05, 4.69) is 39.6 Å². The summed E-state index contributed by atoms with van der Waals surface area (Å²) in [6.45, 7) is 14.4. The molecule has 0 heterocycles. The molecule has 2 nitrogen and oxygen atoms in total. The minimum atomic E-state index is 0.343. The Balaban J connectivity index is 4.18. The maximum Gasteiger partial charge on any atom is 0.0725 e. The Labute approximate surface area is 101 Å². The molecule has 0 saturated carbocycles. The fraction of sp³-hybridized carbons (Fsp3) is 0.857. The van der Waals surface area contributed by atoms with Gasteiger partial charge in [0.25, 0.3) is 0 Å². The Morgan fingerprint density at radius 3 is 2.44 bits per heavy atom. The number of hydrogen-bond acceptors (Lipinski definition) is 2. The molecule has 0 aromatic rings. The first-order chi connectivity index (χ1) is 7.65. The van der Waals surface area contributed by atoms with Crippen LogP contribution >= 0.6 is 0 Å². The predicted octanol–water partition coefficient (Wildman–Crippen LogP) is 3.53. The standard InChI is InChI=1S/C14H29NO/c1-6-11-15-13(10-9-12(4)5)14(7-2)16-8-3/h13-15H,4,6-11H2,1-3,5H3. The summed E-state index contributed by atoms with van der Waals surface area (Å²) in [7, 11) is 0. The van der Waals surface area contributed by atoms with Gasteiger partial charge in [0.15, 0.2) is 0 Å². The van der Waals surface area contributed by atoms with Crippen LogP contribution in [-0.2, 0) is 4.74 Å². The van der Waals surface area contributed by atoms with E-state index in [4.69, 9.17) is 4.74 Å². The molecule has 0 aliphatic heterocycles. The van der Waals surface area contributed by atoms with E-state index < -0.39 is 0 Å². The van der Waals surface area contributed by atoms with Gasteiger partial charge in [0.05, 0.1) is 6.10 Å². The van der Waals surface area contributed by atoms with Crippen LogP contribution < -0.4 is 5.32 Å². The lowest BCUT2D eigenvalue weighted by Crippen LogP contribution is -2.41. The molecule has 0 fully saturated rings. The molecule has 1 N–H and O–H groups in total. The molecular formula is C14H29NO. The minimum absolute atomic E-state index is 0.343. The number of hydrogen-bond donors (Lipinski definition) is 1. The van der Waals surface area contributed by atoms with Crippen molar-refractivity contribution < 1.29 is 4.74 Å². The van der Waals surface area contributed by atoms with Crippen molar-refractivity contribution in [2.75, 3.05) is 13.2 Å². The van der Waals surface area contributed by atoms with E-state index in [1.165, 1.54) is 12.0 Å². The first kappa shape index (κ1) is 15.7. The van der Waals surface area contributed by atoms with Crippen molar-refractivity contribution in [3.8, 4) is 0 Å². The van der Waals surface area contributed by atoms with Crippen LogP contribution in [0.4, 0.5) is 0 Å². The lowest BCUT2D eigenvalue weighted by atomic mass is 10.0. The average molecular weight is 227 g/mol. The van der Waals surface area contributed by atoms with Gasteiger partial charge in [-0.25, -0.2) is 0 Å². The molecule has 0 rings (SSSR count). The van der Waals surface area contributed by atoms with E-state index in [1.54, 1.807) is 0 Å². The molecule has 0 aromatic heterocycles. The van der Waals surface area contributed by atoms with Crippen LogP contribution in [0.3, 0.4) is 0 Å². The van der Waals surface area contributed by atoms with Gasteiger partial charge in [0, 0.05) is 12.6 Å². The molecule has 0 aromatic carbocycles. The molecule has 0 spiro atoms. The SMILES string of the molecule is C=C(C)CCC(NCCC)C(CC)OCC. The van der Waals surface area contributed by atoms with E-state index in [0.29, 0.717) is 12.1 Å². The minimum Gasteiger partial charge on any atom is -0.377 e. The molecule has 0 aliphatic carbocycles. The third-order valence-electron chi connectivity index (χ3n) is 2.77. The van der Waals surface area contributed by atoms with Crippen molar-refractivity contribution in [3.63, 3.8) is 0 Å². The van der Waals surface area contributed by atoms with Crippen molar-refractivity contribution in [2.24, 2.45) is 0 Å². The van der Waals surface area contributed by atoms with Gasteiger partial charge < -0.3 is 10.1 Å². The highest BCUT2D eigenvalue weighted by Gasteiger charge is 2.18. The second kappa shape index (κ2) is 9.86. The van der Waals surface area contributed by atoms with Crippen molar-refractivity contribution in [2.45, 2.75) is 65.5 Å². The van der Waals surface area contributed by atoms with Crippen LogP contribution in [0.25, 0.3) is 0 Å². The van der Waals surface area contributed by atoms with Gasteiger partial charge in [-0.3, -0.25) is 0 Å². The van der Waals surface area contributed by atoms with Gasteiger partial charge in [-0.05, 0) is 46.1 Å². The summed E-state index contributed by atoms with van der Waals surface area (Å²) in [5.74, 6) is 0. The summed E-state index contributed by atoms with van der Waals surface area (Å²) >= 11 is 0. The Hall–Kier alpha value is -0.340. The van der Waals surface area contributed by atoms with Crippen LogP contribution in [0.1, 0.15) is 53.4 Å². The molecular weight excluding hydrogens is 198 g/mol. The lowest BCUT2D eigenvalue weighted by Gasteiger charge is -2.27. The third-order valence-corrected chi connectivity index (χ3v) is 2.77. The number of ether oxygens (including phenoxy) is 1. The first-order valence-corrected chi connectivity index (χ1v) is 6.64. The second-order valence-corrected chi connectivity index (χ2v) is 4.46. The topological polar surface area (TPSA) is 21.3 Å². The van der Waals surface area contributed by atoms with Crippen molar-refractivity contribution in [1.82, 2.24) is 5.32 Å². The third kappa shape index (κ3) is 7.02. The van der Waals surface area contributed by atoms with E-state index in [0.717, 1.165) is 32.4 Å². The lowest BCUT2D eigenvalue weighted by molar-refractivity contribution is 0.0298. The Kier molecular flexibility index (Phi) is 9.65. The van der Waals surface area contributed by atoms with Gasteiger partial charge >= 0.3 is 0 Å².